The van der Waals surface area contributed by atoms with Crippen molar-refractivity contribution in [1.29, 1.82) is 0 Å². The van der Waals surface area contributed by atoms with Gasteiger partial charge in [-0.1, -0.05) is 0 Å². The molecular weight excluding hydrogens is 210 g/mol. The topological polar surface area (TPSA) is 94.4 Å². The van der Waals surface area contributed by atoms with Gasteiger partial charge in [0.05, 0.1) is 11.7 Å². The lowest BCUT2D eigenvalue weighted by molar-refractivity contribution is -0.757. The fourth-order valence-electron chi connectivity index (χ4n) is 0.700. The lowest BCUT2D eigenvalue weighted by Gasteiger charge is -2.01. The number of hydrogen-bond acceptors (Lipinski definition) is 6. The second kappa shape index (κ2) is 5.12. The van der Waals surface area contributed by atoms with Crippen LogP contribution in [0.15, 0.2) is 11.7 Å². The summed E-state index contributed by atoms with van der Waals surface area (Å²) in [5.74, 6) is -0.306. The minimum atomic E-state index is -0.904. The lowest BCUT2D eigenvalue weighted by atomic mass is 10.5. The van der Waals surface area contributed by atoms with E-state index >= 15 is 0 Å². The predicted molar refractivity (Wildman–Crippen MR) is 47.4 cm³/mol. The molecule has 14 heavy (non-hydrogen) atoms. The Morgan fingerprint density at radius 1 is 1.79 bits per heavy atom. The van der Waals surface area contributed by atoms with Crippen LogP contribution in [-0.4, -0.2) is 29.1 Å². The second-order valence-electron chi connectivity index (χ2n) is 2.18. The van der Waals surface area contributed by atoms with E-state index in [1.807, 2.05) is 0 Å². The number of thiazole rings is 1. The van der Waals surface area contributed by atoms with Gasteiger partial charge in [-0.05, 0) is 0 Å². The van der Waals surface area contributed by atoms with Gasteiger partial charge in [0, 0.05) is 6.54 Å². The van der Waals surface area contributed by atoms with Crippen molar-refractivity contribution < 1.29 is 14.7 Å². The van der Waals surface area contributed by atoms with E-state index in [4.69, 9.17) is 0 Å². The van der Waals surface area contributed by atoms with Crippen molar-refractivity contribution in [2.75, 3.05) is 13.2 Å². The highest BCUT2D eigenvalue weighted by atomic mass is 32.1. The van der Waals surface area contributed by atoms with Crippen LogP contribution in [0.1, 0.15) is 9.67 Å². The van der Waals surface area contributed by atoms with Crippen LogP contribution in [0.25, 0.3) is 0 Å². The number of aromatic nitrogens is 1. The fourth-order valence-corrected chi connectivity index (χ4v) is 1.24. The first kappa shape index (κ1) is 10.4. The third-order valence-electron chi connectivity index (χ3n) is 1.24. The number of amides is 1. The smallest absolute Gasteiger partial charge is 0.294 e. The molecule has 7 nitrogen and oxygen atoms in total. The maximum Gasteiger partial charge on any atom is 0.294 e. The second-order valence-corrected chi connectivity index (χ2v) is 3.06. The van der Waals surface area contributed by atoms with Gasteiger partial charge in [0.15, 0.2) is 0 Å². The molecule has 0 aliphatic heterocycles. The molecule has 0 radical (unpaired) electrons. The zero-order chi connectivity index (χ0) is 10.4. The molecule has 0 unspecified atom stereocenters. The van der Waals surface area contributed by atoms with Crippen LogP contribution in [0.4, 0.5) is 0 Å². The van der Waals surface area contributed by atoms with E-state index in [-0.39, 0.29) is 19.1 Å². The first-order valence-corrected chi connectivity index (χ1v) is 4.52. The van der Waals surface area contributed by atoms with Gasteiger partial charge in [-0.2, -0.15) is 0 Å². The Morgan fingerprint density at radius 3 is 3.14 bits per heavy atom. The molecule has 1 aromatic rings. The number of nitrogens with zero attached hydrogens (tertiary/aromatic N) is 2. The van der Waals surface area contributed by atoms with Crippen molar-refractivity contribution in [2.24, 2.45) is 0 Å². The molecule has 0 saturated heterocycles. The van der Waals surface area contributed by atoms with E-state index in [0.717, 1.165) is 0 Å². The third-order valence-corrected chi connectivity index (χ3v) is 2.01. The van der Waals surface area contributed by atoms with Crippen LogP contribution >= 0.6 is 11.3 Å². The molecule has 76 valence electrons. The monoisotopic (exact) mass is 217 g/mol. The van der Waals surface area contributed by atoms with Crippen LogP contribution in [0.2, 0.25) is 0 Å². The summed E-state index contributed by atoms with van der Waals surface area (Å²) in [5, 5.41) is 11.3. The Balaban J connectivity index is 2.19. The Labute approximate surface area is 82.8 Å². The molecule has 8 heteroatoms. The first-order chi connectivity index (χ1) is 6.70. The summed E-state index contributed by atoms with van der Waals surface area (Å²) in [6.45, 7) is -0.0603. The van der Waals surface area contributed by atoms with Gasteiger partial charge in [-0.15, -0.1) is 21.5 Å². The molecule has 0 aromatic carbocycles. The van der Waals surface area contributed by atoms with Crippen molar-refractivity contribution in [1.82, 2.24) is 10.3 Å². The van der Waals surface area contributed by atoms with E-state index in [1.165, 1.54) is 23.0 Å². The number of rotatable bonds is 5. The van der Waals surface area contributed by atoms with E-state index < -0.39 is 5.09 Å². The van der Waals surface area contributed by atoms with Gasteiger partial charge in [-0.3, -0.25) is 9.78 Å². The van der Waals surface area contributed by atoms with Crippen LogP contribution in [0.5, 0.6) is 0 Å². The van der Waals surface area contributed by atoms with Crippen molar-refractivity contribution in [3.05, 3.63) is 26.7 Å². The highest BCUT2D eigenvalue weighted by Crippen LogP contribution is 2.03. The maximum absolute atomic E-state index is 11.2. The molecule has 1 N–H and O–H groups in total. The first-order valence-electron chi connectivity index (χ1n) is 3.64. The average Bonchev–Trinajstić information content (AvgIpc) is 2.64. The molecule has 0 fully saturated rings. The van der Waals surface area contributed by atoms with Crippen LogP contribution in [0, 0.1) is 10.1 Å². The summed E-state index contributed by atoms with van der Waals surface area (Å²) in [6.07, 6.45) is 1.42. The van der Waals surface area contributed by atoms with Gasteiger partial charge in [-0.25, -0.2) is 0 Å². The predicted octanol–water partition coefficient (Wildman–Crippen LogP) is 0.0812. The number of carbonyl (C=O) groups is 1. The minimum absolute atomic E-state index is 0.0950. The van der Waals surface area contributed by atoms with Crippen molar-refractivity contribution >= 4 is 17.2 Å². The summed E-state index contributed by atoms with van der Waals surface area (Å²) < 4.78 is 0. The summed E-state index contributed by atoms with van der Waals surface area (Å²) in [7, 11) is 0. The summed E-state index contributed by atoms with van der Waals surface area (Å²) in [6, 6.07) is 0. The average molecular weight is 217 g/mol. The third kappa shape index (κ3) is 3.35. The van der Waals surface area contributed by atoms with Gasteiger partial charge in [0.2, 0.25) is 0 Å². The molecule has 1 aromatic heterocycles. The number of nitrogens with one attached hydrogen (secondary N) is 1. The summed E-state index contributed by atoms with van der Waals surface area (Å²) in [5.41, 5.74) is 1.53. The van der Waals surface area contributed by atoms with E-state index in [1.54, 1.807) is 0 Å². The zero-order valence-corrected chi connectivity index (χ0v) is 7.82. The number of hydrogen-bond donors (Lipinski definition) is 1. The molecule has 1 rings (SSSR count). The van der Waals surface area contributed by atoms with Crippen molar-refractivity contribution in [3.8, 4) is 0 Å². The van der Waals surface area contributed by atoms with Crippen LogP contribution in [-0.2, 0) is 4.84 Å². The molecule has 0 aliphatic rings. The normalized spacial score (nSPS) is 9.43. The molecule has 0 atom stereocenters. The Morgan fingerprint density at radius 2 is 2.57 bits per heavy atom. The van der Waals surface area contributed by atoms with Gasteiger partial charge < -0.3 is 10.2 Å². The maximum atomic E-state index is 11.2. The van der Waals surface area contributed by atoms with Gasteiger partial charge in [0.25, 0.3) is 11.0 Å². The molecular formula is C6H7N3O4S. The molecule has 0 saturated carbocycles. The molecule has 1 heterocycles. The summed E-state index contributed by atoms with van der Waals surface area (Å²) >= 11 is 1.20. The quantitative estimate of drug-likeness (QED) is 0.428. The van der Waals surface area contributed by atoms with E-state index in [2.05, 4.69) is 15.1 Å². The largest absolute Gasteiger partial charge is 0.349 e. The Bertz CT molecular complexity index is 313. The minimum Gasteiger partial charge on any atom is -0.349 e. The SMILES string of the molecule is O=C(NCCO[N+](=O)[O-])c1cncs1. The Kier molecular flexibility index (Phi) is 3.80. The van der Waals surface area contributed by atoms with Crippen molar-refractivity contribution in [3.63, 3.8) is 0 Å². The highest BCUT2D eigenvalue weighted by molar-refractivity contribution is 7.11. The van der Waals surface area contributed by atoms with Crippen LogP contribution in [0.3, 0.4) is 0 Å². The van der Waals surface area contributed by atoms with E-state index in [9.17, 15) is 14.9 Å². The molecule has 0 spiro atoms. The van der Waals surface area contributed by atoms with Gasteiger partial charge in [0.1, 0.15) is 11.5 Å². The fraction of sp³-hybridized carbons (Fsp3) is 0.333. The standard InChI is InChI=1S/C6H7N3O4S/c10-6(5-3-7-4-14-5)8-1-2-13-9(11)12/h3-4H,1-2H2,(H,8,10). The van der Waals surface area contributed by atoms with Crippen LogP contribution < -0.4 is 5.32 Å². The molecule has 1 amide bonds. The Hall–Kier alpha value is -1.70. The lowest BCUT2D eigenvalue weighted by Crippen LogP contribution is -2.27. The number of carbonyl (C=O) groups excluding carboxylic acids is 1. The summed E-state index contributed by atoms with van der Waals surface area (Å²) in [4.78, 5) is 29.1. The highest BCUT2D eigenvalue weighted by Gasteiger charge is 2.05. The zero-order valence-electron chi connectivity index (χ0n) is 7.00. The molecule has 0 bridgehead atoms. The van der Waals surface area contributed by atoms with E-state index in [0.29, 0.717) is 4.88 Å². The molecule has 0 aliphatic carbocycles. The van der Waals surface area contributed by atoms with Crippen molar-refractivity contribution in [2.45, 2.75) is 0 Å². The van der Waals surface area contributed by atoms with Gasteiger partial charge >= 0.3 is 0 Å².